The Bertz CT molecular complexity index is 616. The molecule has 0 saturated carbocycles. The molecule has 1 aromatic carbocycles. The van der Waals surface area contributed by atoms with Crippen LogP contribution in [-0.2, 0) is 11.3 Å². The number of halogens is 1. The average molecular weight is 395 g/mol. The van der Waals surface area contributed by atoms with Gasteiger partial charge in [0.2, 0.25) is 0 Å². The maximum absolute atomic E-state index is 5.98. The second kappa shape index (κ2) is 10.1. The van der Waals surface area contributed by atoms with Crippen LogP contribution >= 0.6 is 23.8 Å². The van der Waals surface area contributed by atoms with Gasteiger partial charge < -0.3 is 15.0 Å². The van der Waals surface area contributed by atoms with Crippen molar-refractivity contribution in [3.05, 3.63) is 46.6 Å². The van der Waals surface area contributed by atoms with Crippen LogP contribution < -0.4 is 16.2 Å². The zero-order valence-corrected chi connectivity index (χ0v) is 16.5. The molecule has 0 bridgehead atoms. The minimum absolute atomic E-state index is 0.283. The summed E-state index contributed by atoms with van der Waals surface area (Å²) in [6, 6.07) is 8.07. The van der Waals surface area contributed by atoms with Crippen molar-refractivity contribution >= 4 is 28.9 Å². The van der Waals surface area contributed by atoms with Gasteiger partial charge in [-0.25, -0.2) is 5.43 Å². The second-order valence-corrected chi connectivity index (χ2v) is 7.55. The zero-order valence-electron chi connectivity index (χ0n) is 15.0. The SMILES string of the molecule is S=C(NCC1CCCO1)NNCC1=CCCCN1Cc1ccc(Cl)cc1. The van der Waals surface area contributed by atoms with Crippen LogP contribution in [0.2, 0.25) is 5.02 Å². The maximum Gasteiger partial charge on any atom is 0.180 e. The van der Waals surface area contributed by atoms with E-state index in [0.29, 0.717) is 5.11 Å². The van der Waals surface area contributed by atoms with E-state index in [9.17, 15) is 0 Å². The Morgan fingerprint density at radius 2 is 2.12 bits per heavy atom. The van der Waals surface area contributed by atoms with Crippen molar-refractivity contribution in [2.45, 2.75) is 38.3 Å². The number of benzene rings is 1. The smallest absolute Gasteiger partial charge is 0.180 e. The molecular formula is C19H27ClN4OS. The Morgan fingerprint density at radius 3 is 2.88 bits per heavy atom. The van der Waals surface area contributed by atoms with Gasteiger partial charge in [-0.3, -0.25) is 5.43 Å². The molecule has 142 valence electrons. The lowest BCUT2D eigenvalue weighted by Gasteiger charge is -2.31. The number of hydrogen-bond donors (Lipinski definition) is 3. The Morgan fingerprint density at radius 1 is 1.27 bits per heavy atom. The fourth-order valence-electron chi connectivity index (χ4n) is 3.27. The summed E-state index contributed by atoms with van der Waals surface area (Å²) in [5.74, 6) is 0. The molecular weight excluding hydrogens is 368 g/mol. The molecule has 3 rings (SSSR count). The van der Waals surface area contributed by atoms with Gasteiger partial charge in [0.15, 0.2) is 5.11 Å². The Balaban J connectivity index is 1.41. The average Bonchev–Trinajstić information content (AvgIpc) is 3.17. The van der Waals surface area contributed by atoms with Crippen LogP contribution in [0, 0.1) is 0 Å². The number of nitrogens with one attached hydrogen (secondary N) is 3. The summed E-state index contributed by atoms with van der Waals surface area (Å²) < 4.78 is 5.59. The van der Waals surface area contributed by atoms with E-state index in [-0.39, 0.29) is 6.10 Å². The molecule has 0 aliphatic carbocycles. The normalized spacial score (nSPS) is 20.0. The lowest BCUT2D eigenvalue weighted by Crippen LogP contribution is -2.47. The van der Waals surface area contributed by atoms with Crippen molar-refractivity contribution in [3.8, 4) is 0 Å². The first-order chi connectivity index (χ1) is 12.7. The molecule has 1 aromatic rings. The van der Waals surface area contributed by atoms with Gasteiger partial charge in [-0.05, 0) is 55.6 Å². The minimum Gasteiger partial charge on any atom is -0.376 e. The topological polar surface area (TPSA) is 48.6 Å². The lowest BCUT2D eigenvalue weighted by molar-refractivity contribution is 0.114. The number of ether oxygens (including phenoxy) is 1. The zero-order chi connectivity index (χ0) is 18.2. The van der Waals surface area contributed by atoms with Gasteiger partial charge in [0.05, 0.1) is 12.6 Å². The fraction of sp³-hybridized carbons (Fsp3) is 0.526. The molecule has 0 spiro atoms. The first-order valence-corrected chi connectivity index (χ1v) is 10.1. The Kier molecular flexibility index (Phi) is 7.55. The molecule has 1 unspecified atom stereocenters. The van der Waals surface area contributed by atoms with E-state index in [1.807, 2.05) is 12.1 Å². The number of nitrogens with zero attached hydrogens (tertiary/aromatic N) is 1. The van der Waals surface area contributed by atoms with Crippen molar-refractivity contribution in [2.24, 2.45) is 0 Å². The van der Waals surface area contributed by atoms with E-state index in [2.05, 4.69) is 39.3 Å². The molecule has 2 aliphatic rings. The molecule has 3 N–H and O–H groups in total. The van der Waals surface area contributed by atoms with E-state index < -0.39 is 0 Å². The quantitative estimate of drug-likeness (QED) is 0.488. The second-order valence-electron chi connectivity index (χ2n) is 6.71. The highest BCUT2D eigenvalue weighted by Crippen LogP contribution is 2.18. The minimum atomic E-state index is 0.283. The third-order valence-corrected chi connectivity index (χ3v) is 5.19. The molecule has 2 aliphatic heterocycles. The van der Waals surface area contributed by atoms with Crippen LogP contribution in [-0.4, -0.2) is 42.4 Å². The first-order valence-electron chi connectivity index (χ1n) is 9.27. The van der Waals surface area contributed by atoms with Gasteiger partial charge in [-0.1, -0.05) is 29.8 Å². The van der Waals surface area contributed by atoms with Crippen LogP contribution in [0.4, 0.5) is 0 Å². The molecule has 1 saturated heterocycles. The summed E-state index contributed by atoms with van der Waals surface area (Å²) in [5.41, 5.74) is 8.86. The first kappa shape index (κ1) is 19.4. The summed E-state index contributed by atoms with van der Waals surface area (Å²) in [7, 11) is 0. The Hall–Kier alpha value is -1.34. The molecule has 2 heterocycles. The van der Waals surface area contributed by atoms with Crippen molar-refractivity contribution in [1.29, 1.82) is 0 Å². The third kappa shape index (κ3) is 6.13. The molecule has 1 fully saturated rings. The van der Waals surface area contributed by atoms with Gasteiger partial charge >= 0.3 is 0 Å². The van der Waals surface area contributed by atoms with Crippen LogP contribution in [0.3, 0.4) is 0 Å². The molecule has 5 nitrogen and oxygen atoms in total. The van der Waals surface area contributed by atoms with Crippen LogP contribution in [0.1, 0.15) is 31.2 Å². The predicted molar refractivity (Wildman–Crippen MR) is 110 cm³/mol. The number of thiocarbonyl (C=S) groups is 1. The van der Waals surface area contributed by atoms with Crippen molar-refractivity contribution in [3.63, 3.8) is 0 Å². The summed E-state index contributed by atoms with van der Waals surface area (Å²) in [6.45, 7) is 4.32. The van der Waals surface area contributed by atoms with Crippen molar-refractivity contribution in [2.75, 3.05) is 26.2 Å². The summed E-state index contributed by atoms with van der Waals surface area (Å²) in [4.78, 5) is 2.41. The number of allylic oxidation sites excluding steroid dienone is 1. The number of hydrazine groups is 1. The molecule has 0 aromatic heterocycles. The molecule has 0 amide bonds. The predicted octanol–water partition coefficient (Wildman–Crippen LogP) is 2.97. The Labute approximate surface area is 166 Å². The van der Waals surface area contributed by atoms with Crippen molar-refractivity contribution in [1.82, 2.24) is 21.1 Å². The van der Waals surface area contributed by atoms with Gasteiger partial charge in [-0.15, -0.1) is 0 Å². The lowest BCUT2D eigenvalue weighted by atomic mass is 10.1. The largest absolute Gasteiger partial charge is 0.376 e. The molecule has 1 atom stereocenters. The van der Waals surface area contributed by atoms with Gasteiger partial charge in [0.25, 0.3) is 0 Å². The standard InChI is InChI=1S/C19H27ClN4OS/c20-16-8-6-15(7-9-16)14-24-10-2-1-4-17(24)12-22-23-19(26)21-13-18-5-3-11-25-18/h4,6-9,18,22H,1-3,5,10-14H2,(H2,21,23,26). The van der Waals surface area contributed by atoms with E-state index in [1.165, 1.54) is 17.7 Å². The van der Waals surface area contributed by atoms with Crippen molar-refractivity contribution < 1.29 is 4.74 Å². The van der Waals surface area contributed by atoms with Gasteiger partial charge in [0.1, 0.15) is 0 Å². The monoisotopic (exact) mass is 394 g/mol. The number of rotatable bonds is 7. The number of hydrogen-bond acceptors (Lipinski definition) is 4. The fourth-order valence-corrected chi connectivity index (χ4v) is 3.55. The van der Waals surface area contributed by atoms with Gasteiger partial charge in [0, 0.05) is 37.0 Å². The van der Waals surface area contributed by atoms with E-state index >= 15 is 0 Å². The van der Waals surface area contributed by atoms with E-state index in [0.717, 1.165) is 57.1 Å². The highest BCUT2D eigenvalue weighted by atomic mass is 35.5. The summed E-state index contributed by atoms with van der Waals surface area (Å²) >= 11 is 11.3. The summed E-state index contributed by atoms with van der Waals surface area (Å²) in [6.07, 6.45) is 7.14. The summed E-state index contributed by atoms with van der Waals surface area (Å²) in [5, 5.41) is 4.59. The van der Waals surface area contributed by atoms with Crippen LogP contribution in [0.15, 0.2) is 36.0 Å². The molecule has 7 heteroatoms. The third-order valence-electron chi connectivity index (χ3n) is 4.69. The maximum atomic E-state index is 5.98. The van der Waals surface area contributed by atoms with E-state index in [4.69, 9.17) is 28.6 Å². The van der Waals surface area contributed by atoms with Gasteiger partial charge in [-0.2, -0.15) is 0 Å². The highest BCUT2D eigenvalue weighted by molar-refractivity contribution is 7.80. The molecule has 26 heavy (non-hydrogen) atoms. The van der Waals surface area contributed by atoms with Crippen LogP contribution in [0.25, 0.3) is 0 Å². The highest BCUT2D eigenvalue weighted by Gasteiger charge is 2.16. The molecule has 0 radical (unpaired) electrons. The van der Waals surface area contributed by atoms with Crippen LogP contribution in [0.5, 0.6) is 0 Å². The van der Waals surface area contributed by atoms with E-state index in [1.54, 1.807) is 0 Å².